The lowest BCUT2D eigenvalue weighted by atomic mass is 10.2. The van der Waals surface area contributed by atoms with E-state index in [4.69, 9.17) is 4.74 Å². The number of hydrogen-bond acceptors (Lipinski definition) is 5. The molecule has 2 rings (SSSR count). The fourth-order valence-electron chi connectivity index (χ4n) is 2.11. The van der Waals surface area contributed by atoms with Crippen LogP contribution in [0.2, 0.25) is 0 Å². The van der Waals surface area contributed by atoms with Gasteiger partial charge in [0.2, 0.25) is 5.91 Å². The van der Waals surface area contributed by atoms with Crippen LogP contribution in [0.4, 0.5) is 0 Å². The van der Waals surface area contributed by atoms with Gasteiger partial charge in [-0.1, -0.05) is 18.2 Å². The Bertz CT molecular complexity index is 499. The molecule has 1 fully saturated rings. The minimum absolute atomic E-state index is 0.0337. The normalized spacial score (nSPS) is 19.6. The van der Waals surface area contributed by atoms with E-state index in [2.05, 4.69) is 15.5 Å². The van der Waals surface area contributed by atoms with Crippen molar-refractivity contribution < 1.29 is 9.53 Å². The van der Waals surface area contributed by atoms with Crippen molar-refractivity contribution >= 4 is 17.7 Å². The molecule has 1 aliphatic heterocycles. The number of nitrogens with one attached hydrogen (secondary N) is 2. The number of aromatic amines is 1. The summed E-state index contributed by atoms with van der Waals surface area (Å²) >= 11 is 1.36. The van der Waals surface area contributed by atoms with Crippen LogP contribution in [0.1, 0.15) is 25.7 Å². The van der Waals surface area contributed by atoms with Gasteiger partial charge in [0, 0.05) is 26.8 Å². The molecule has 0 radical (unpaired) electrons. The van der Waals surface area contributed by atoms with Gasteiger partial charge in [-0.15, -0.1) is 5.10 Å². The van der Waals surface area contributed by atoms with E-state index in [9.17, 15) is 9.59 Å². The number of methoxy groups -OCH3 is 1. The average molecular weight is 300 g/mol. The summed E-state index contributed by atoms with van der Waals surface area (Å²) in [7, 11) is 1.63. The molecule has 1 amide bonds. The van der Waals surface area contributed by atoms with Crippen LogP contribution in [0.15, 0.2) is 9.95 Å². The van der Waals surface area contributed by atoms with Gasteiger partial charge in [0.1, 0.15) is 0 Å². The Kier molecular flexibility index (Phi) is 5.66. The predicted molar refractivity (Wildman–Crippen MR) is 75.8 cm³/mol. The second kappa shape index (κ2) is 7.49. The molecule has 0 unspecified atom stereocenters. The molecule has 8 heteroatoms. The van der Waals surface area contributed by atoms with E-state index >= 15 is 0 Å². The first-order valence-electron chi connectivity index (χ1n) is 6.81. The molecule has 1 aliphatic rings. The summed E-state index contributed by atoms with van der Waals surface area (Å²) in [6.07, 6.45) is 3.56. The van der Waals surface area contributed by atoms with Gasteiger partial charge < -0.3 is 10.1 Å². The largest absolute Gasteiger partial charge is 0.385 e. The molecule has 1 atom stereocenters. The lowest BCUT2D eigenvalue weighted by molar-refractivity contribution is -0.120. The first-order valence-corrected chi connectivity index (χ1v) is 7.69. The van der Waals surface area contributed by atoms with Gasteiger partial charge >= 0.3 is 5.69 Å². The number of H-pyrrole nitrogens is 1. The number of rotatable bonds is 6. The van der Waals surface area contributed by atoms with Gasteiger partial charge in [0.05, 0.1) is 5.25 Å². The molecule has 2 N–H and O–H groups in total. The van der Waals surface area contributed by atoms with Gasteiger partial charge in [-0.3, -0.25) is 9.36 Å². The lowest BCUT2D eigenvalue weighted by Crippen LogP contribution is -2.31. The topological polar surface area (TPSA) is 89.0 Å². The van der Waals surface area contributed by atoms with Crippen molar-refractivity contribution in [2.24, 2.45) is 0 Å². The molecule has 1 saturated heterocycles. The van der Waals surface area contributed by atoms with E-state index in [-0.39, 0.29) is 16.8 Å². The summed E-state index contributed by atoms with van der Waals surface area (Å²) in [6.45, 7) is 1.86. The predicted octanol–water partition coefficient (Wildman–Crippen LogP) is 0.369. The van der Waals surface area contributed by atoms with Crippen molar-refractivity contribution in [1.82, 2.24) is 20.1 Å². The maximum atomic E-state index is 11.9. The molecule has 1 aromatic heterocycles. The first-order chi connectivity index (χ1) is 9.72. The smallest absolute Gasteiger partial charge is 0.343 e. The Balaban J connectivity index is 2.04. The minimum atomic E-state index is -0.238. The highest BCUT2D eigenvalue weighted by atomic mass is 32.2. The molecule has 0 spiro atoms. The zero-order valence-corrected chi connectivity index (χ0v) is 12.4. The third-order valence-corrected chi connectivity index (χ3v) is 4.44. The minimum Gasteiger partial charge on any atom is -0.385 e. The van der Waals surface area contributed by atoms with Gasteiger partial charge in [-0.25, -0.2) is 9.89 Å². The third-order valence-electron chi connectivity index (χ3n) is 3.19. The van der Waals surface area contributed by atoms with E-state index in [1.54, 1.807) is 11.7 Å². The molecular weight excluding hydrogens is 280 g/mol. The zero-order valence-electron chi connectivity index (χ0n) is 11.6. The molecule has 2 heterocycles. The summed E-state index contributed by atoms with van der Waals surface area (Å²) < 4.78 is 6.56. The van der Waals surface area contributed by atoms with Crippen molar-refractivity contribution in [2.45, 2.75) is 42.6 Å². The molecule has 20 heavy (non-hydrogen) atoms. The monoisotopic (exact) mass is 300 g/mol. The van der Waals surface area contributed by atoms with Crippen LogP contribution in [0.25, 0.3) is 0 Å². The summed E-state index contributed by atoms with van der Waals surface area (Å²) in [5.74, 6) is 0.0337. The highest BCUT2D eigenvalue weighted by Gasteiger charge is 2.24. The van der Waals surface area contributed by atoms with E-state index in [0.29, 0.717) is 18.3 Å². The molecule has 0 bridgehead atoms. The maximum Gasteiger partial charge on any atom is 0.343 e. The lowest BCUT2D eigenvalue weighted by Gasteiger charge is -2.12. The zero-order chi connectivity index (χ0) is 14.4. The highest BCUT2D eigenvalue weighted by molar-refractivity contribution is 8.00. The van der Waals surface area contributed by atoms with Crippen molar-refractivity contribution in [3.63, 3.8) is 0 Å². The molecule has 112 valence electrons. The van der Waals surface area contributed by atoms with Gasteiger partial charge in [0.25, 0.3) is 0 Å². The molecular formula is C12H20N4O3S. The van der Waals surface area contributed by atoms with Crippen molar-refractivity contribution in [3.05, 3.63) is 10.5 Å². The first kappa shape index (κ1) is 15.1. The Morgan fingerprint density at radius 1 is 1.45 bits per heavy atom. The van der Waals surface area contributed by atoms with Crippen LogP contribution >= 0.6 is 11.8 Å². The second-order valence-electron chi connectivity index (χ2n) is 4.70. The van der Waals surface area contributed by atoms with Crippen molar-refractivity contribution in [3.8, 4) is 0 Å². The number of amides is 1. The maximum absolute atomic E-state index is 11.9. The Hall–Kier alpha value is -1.28. The number of carbonyl (C=O) groups excluding carboxylic acids is 1. The van der Waals surface area contributed by atoms with Crippen LogP contribution in [-0.4, -0.2) is 46.2 Å². The average Bonchev–Trinajstić information content (AvgIpc) is 2.65. The van der Waals surface area contributed by atoms with Crippen LogP contribution in [0.5, 0.6) is 0 Å². The number of carbonyl (C=O) groups is 1. The van der Waals surface area contributed by atoms with Crippen LogP contribution in [-0.2, 0) is 16.1 Å². The number of aromatic nitrogens is 3. The van der Waals surface area contributed by atoms with E-state index in [0.717, 1.165) is 32.2 Å². The molecule has 0 aliphatic carbocycles. The standard InChI is InChI=1S/C12H20N4O3S/c1-19-8-4-7-16-11(18)14-15-12(16)20-9-5-2-3-6-13-10(9)17/h9H,2-8H2,1H3,(H,13,17)(H,14,18)/t9-/m0/s1. The van der Waals surface area contributed by atoms with Crippen LogP contribution < -0.4 is 11.0 Å². The van der Waals surface area contributed by atoms with Crippen molar-refractivity contribution in [2.75, 3.05) is 20.3 Å². The van der Waals surface area contributed by atoms with E-state index < -0.39 is 0 Å². The molecule has 7 nitrogen and oxygen atoms in total. The Morgan fingerprint density at radius 2 is 2.30 bits per heavy atom. The van der Waals surface area contributed by atoms with Gasteiger partial charge in [-0.05, 0) is 19.3 Å². The van der Waals surface area contributed by atoms with Crippen LogP contribution in [0.3, 0.4) is 0 Å². The summed E-state index contributed by atoms with van der Waals surface area (Å²) in [5, 5.41) is 9.76. The third kappa shape index (κ3) is 3.86. The second-order valence-corrected chi connectivity index (χ2v) is 5.87. The number of hydrogen-bond donors (Lipinski definition) is 2. The number of nitrogens with zero attached hydrogens (tertiary/aromatic N) is 2. The van der Waals surface area contributed by atoms with Gasteiger partial charge in [0.15, 0.2) is 5.16 Å². The number of ether oxygens (including phenoxy) is 1. The quantitative estimate of drug-likeness (QED) is 0.741. The fourth-order valence-corrected chi connectivity index (χ4v) is 3.24. The SMILES string of the molecule is COCCCn1c(S[C@H]2CCCCNC2=O)n[nH]c1=O. The van der Waals surface area contributed by atoms with E-state index in [1.165, 1.54) is 11.8 Å². The van der Waals surface area contributed by atoms with E-state index in [1.807, 2.05) is 0 Å². The number of thioether (sulfide) groups is 1. The summed E-state index contributed by atoms with van der Waals surface area (Å²) in [5.41, 5.74) is -0.238. The summed E-state index contributed by atoms with van der Waals surface area (Å²) in [6, 6.07) is 0. The van der Waals surface area contributed by atoms with Gasteiger partial charge in [-0.2, -0.15) is 0 Å². The molecule has 0 saturated carbocycles. The fraction of sp³-hybridized carbons (Fsp3) is 0.750. The Morgan fingerprint density at radius 3 is 3.10 bits per heavy atom. The summed E-state index contributed by atoms with van der Waals surface area (Å²) in [4.78, 5) is 23.6. The Labute approximate surface area is 121 Å². The van der Waals surface area contributed by atoms with Crippen molar-refractivity contribution in [1.29, 1.82) is 0 Å². The molecule has 0 aromatic carbocycles. The van der Waals surface area contributed by atoms with Crippen LogP contribution in [0, 0.1) is 0 Å². The molecule has 1 aromatic rings. The highest BCUT2D eigenvalue weighted by Crippen LogP contribution is 2.25.